The maximum atomic E-state index is 10.6. The predicted octanol–water partition coefficient (Wildman–Crippen LogP) is 1.25. The van der Waals surface area contributed by atoms with E-state index in [1.165, 1.54) is 0 Å². The van der Waals surface area contributed by atoms with Gasteiger partial charge in [-0.1, -0.05) is 0 Å². The van der Waals surface area contributed by atoms with Crippen molar-refractivity contribution in [1.82, 2.24) is 0 Å². The highest BCUT2D eigenvalue weighted by atomic mass is 35.7. The normalized spacial score (nSPS) is 30.5. The fourth-order valence-electron chi connectivity index (χ4n) is 1.20. The molecule has 11 heavy (non-hydrogen) atoms. The van der Waals surface area contributed by atoms with Crippen LogP contribution >= 0.6 is 10.7 Å². The third kappa shape index (κ3) is 2.08. The Labute approximate surface area is 70.4 Å². The fourth-order valence-corrected chi connectivity index (χ4v) is 2.64. The van der Waals surface area contributed by atoms with E-state index in [0.717, 1.165) is 0 Å². The molecule has 0 unspecified atom stereocenters. The Hall–Kier alpha value is -0.270. The van der Waals surface area contributed by atoms with Crippen LogP contribution in [0.2, 0.25) is 0 Å². The van der Waals surface area contributed by atoms with Gasteiger partial charge in [-0.25, -0.2) is 8.42 Å². The summed E-state index contributed by atoms with van der Waals surface area (Å²) in [6.45, 7) is 0. The molecule has 0 N–H and O–H groups in total. The van der Waals surface area contributed by atoms with Crippen molar-refractivity contribution in [3.63, 3.8) is 0 Å². The molecule has 1 aliphatic carbocycles. The van der Waals surface area contributed by atoms with Gasteiger partial charge in [-0.05, 0) is 18.8 Å². The van der Waals surface area contributed by atoms with Crippen LogP contribution in [0.15, 0.2) is 0 Å². The first-order chi connectivity index (χ1) is 5.04. The Bertz CT molecular complexity index is 273. The topological polar surface area (TPSA) is 57.9 Å². The quantitative estimate of drug-likeness (QED) is 0.621. The standard InChI is InChI=1S/C6H8ClNO2S/c7-11(9,10)6-3-5(4-6)1-2-8/h5-6H,1,3-4H2/t5-,6-. The van der Waals surface area contributed by atoms with E-state index in [9.17, 15) is 8.42 Å². The first-order valence-electron chi connectivity index (χ1n) is 3.34. The van der Waals surface area contributed by atoms with E-state index in [-0.39, 0.29) is 5.92 Å². The summed E-state index contributed by atoms with van der Waals surface area (Å²) in [6, 6.07) is 2.00. The largest absolute Gasteiger partial charge is 0.235 e. The molecule has 0 spiro atoms. The van der Waals surface area contributed by atoms with E-state index < -0.39 is 14.3 Å². The van der Waals surface area contributed by atoms with Crippen LogP contribution in [0.3, 0.4) is 0 Å². The minimum absolute atomic E-state index is 0.249. The summed E-state index contributed by atoms with van der Waals surface area (Å²) in [6.07, 6.45) is 1.56. The number of nitriles is 1. The zero-order chi connectivity index (χ0) is 8.48. The molecule has 0 bridgehead atoms. The zero-order valence-electron chi connectivity index (χ0n) is 5.83. The molecule has 0 atom stereocenters. The third-order valence-electron chi connectivity index (χ3n) is 1.97. The van der Waals surface area contributed by atoms with Gasteiger partial charge in [0.05, 0.1) is 11.3 Å². The van der Waals surface area contributed by atoms with Crippen LogP contribution in [0.1, 0.15) is 19.3 Å². The van der Waals surface area contributed by atoms with E-state index in [1.54, 1.807) is 0 Å². The van der Waals surface area contributed by atoms with Gasteiger partial charge >= 0.3 is 0 Å². The molecule has 0 heterocycles. The maximum Gasteiger partial charge on any atom is 0.235 e. The van der Waals surface area contributed by atoms with E-state index in [1.807, 2.05) is 6.07 Å². The lowest BCUT2D eigenvalue weighted by Crippen LogP contribution is -2.33. The van der Waals surface area contributed by atoms with Crippen molar-refractivity contribution in [2.75, 3.05) is 0 Å². The molecule has 1 rings (SSSR count). The van der Waals surface area contributed by atoms with Crippen LogP contribution < -0.4 is 0 Å². The molecule has 1 aliphatic rings. The fraction of sp³-hybridized carbons (Fsp3) is 0.833. The lowest BCUT2D eigenvalue weighted by atomic mass is 9.83. The highest BCUT2D eigenvalue weighted by Gasteiger charge is 2.37. The molecule has 0 aromatic rings. The second-order valence-electron chi connectivity index (χ2n) is 2.80. The monoisotopic (exact) mass is 193 g/mol. The van der Waals surface area contributed by atoms with Crippen molar-refractivity contribution < 1.29 is 8.42 Å². The van der Waals surface area contributed by atoms with Crippen LogP contribution in [-0.4, -0.2) is 13.7 Å². The highest BCUT2D eigenvalue weighted by molar-refractivity contribution is 8.14. The van der Waals surface area contributed by atoms with Crippen molar-refractivity contribution in [1.29, 1.82) is 5.26 Å². The van der Waals surface area contributed by atoms with Gasteiger partial charge in [0.15, 0.2) is 0 Å². The van der Waals surface area contributed by atoms with Crippen LogP contribution in [0.25, 0.3) is 0 Å². The van der Waals surface area contributed by atoms with Gasteiger partial charge in [0.25, 0.3) is 0 Å². The molecule has 0 aromatic carbocycles. The summed E-state index contributed by atoms with van der Waals surface area (Å²) in [4.78, 5) is 0. The molecular weight excluding hydrogens is 186 g/mol. The van der Waals surface area contributed by atoms with Gasteiger partial charge in [0.1, 0.15) is 0 Å². The Kier molecular flexibility index (Phi) is 2.40. The van der Waals surface area contributed by atoms with Crippen molar-refractivity contribution in [2.45, 2.75) is 24.5 Å². The average Bonchev–Trinajstić information content (AvgIpc) is 1.74. The third-order valence-corrected chi connectivity index (χ3v) is 3.91. The van der Waals surface area contributed by atoms with Crippen molar-refractivity contribution in [2.24, 2.45) is 5.92 Å². The second kappa shape index (κ2) is 3.00. The van der Waals surface area contributed by atoms with Crippen LogP contribution in [0.4, 0.5) is 0 Å². The summed E-state index contributed by atoms with van der Waals surface area (Å²) in [5.41, 5.74) is 0. The van der Waals surface area contributed by atoms with Gasteiger partial charge in [-0.2, -0.15) is 5.26 Å². The Morgan fingerprint density at radius 1 is 1.55 bits per heavy atom. The van der Waals surface area contributed by atoms with Crippen molar-refractivity contribution >= 4 is 19.7 Å². The summed E-state index contributed by atoms with van der Waals surface area (Å²) in [7, 11) is 1.74. The number of hydrogen-bond donors (Lipinski definition) is 0. The highest BCUT2D eigenvalue weighted by Crippen LogP contribution is 2.36. The van der Waals surface area contributed by atoms with Gasteiger partial charge in [0, 0.05) is 17.1 Å². The first kappa shape index (κ1) is 8.82. The lowest BCUT2D eigenvalue weighted by Gasteiger charge is -2.30. The number of hydrogen-bond acceptors (Lipinski definition) is 3. The molecule has 1 saturated carbocycles. The Morgan fingerprint density at radius 3 is 2.45 bits per heavy atom. The first-order valence-corrected chi connectivity index (χ1v) is 5.71. The summed E-state index contributed by atoms with van der Waals surface area (Å²) >= 11 is 0. The second-order valence-corrected chi connectivity index (χ2v) is 5.71. The van der Waals surface area contributed by atoms with Crippen LogP contribution in [-0.2, 0) is 9.05 Å². The molecule has 0 aromatic heterocycles. The molecule has 0 aliphatic heterocycles. The van der Waals surface area contributed by atoms with Gasteiger partial charge in [0.2, 0.25) is 9.05 Å². The smallest absolute Gasteiger partial charge is 0.212 e. The number of rotatable bonds is 2. The molecule has 3 nitrogen and oxygen atoms in total. The van der Waals surface area contributed by atoms with E-state index >= 15 is 0 Å². The molecule has 5 heteroatoms. The zero-order valence-corrected chi connectivity index (χ0v) is 7.40. The SMILES string of the molecule is N#CC[C@H]1C[C@H](S(=O)(=O)Cl)C1. The number of nitrogens with zero attached hydrogens (tertiary/aromatic N) is 1. The van der Waals surface area contributed by atoms with Crippen LogP contribution in [0.5, 0.6) is 0 Å². The van der Waals surface area contributed by atoms with Crippen molar-refractivity contribution in [3.05, 3.63) is 0 Å². The minimum atomic E-state index is -3.35. The Balaban J connectivity index is 2.37. The van der Waals surface area contributed by atoms with E-state index in [2.05, 4.69) is 0 Å². The summed E-state index contributed by atoms with van der Waals surface area (Å²) in [5.74, 6) is 0.249. The van der Waals surface area contributed by atoms with Gasteiger partial charge in [-0.3, -0.25) is 0 Å². The number of halogens is 1. The average molecular weight is 194 g/mol. The molecule has 62 valence electrons. The molecule has 0 radical (unpaired) electrons. The maximum absolute atomic E-state index is 10.6. The molecular formula is C6H8ClNO2S. The summed E-state index contributed by atoms with van der Waals surface area (Å²) in [5, 5.41) is 7.86. The van der Waals surface area contributed by atoms with E-state index in [4.69, 9.17) is 15.9 Å². The summed E-state index contributed by atoms with van der Waals surface area (Å²) < 4.78 is 21.3. The lowest BCUT2D eigenvalue weighted by molar-refractivity contribution is 0.324. The van der Waals surface area contributed by atoms with Gasteiger partial charge in [-0.15, -0.1) is 0 Å². The van der Waals surface area contributed by atoms with Gasteiger partial charge < -0.3 is 0 Å². The predicted molar refractivity (Wildman–Crippen MR) is 41.5 cm³/mol. The molecule has 0 amide bonds. The van der Waals surface area contributed by atoms with Crippen molar-refractivity contribution in [3.8, 4) is 6.07 Å². The molecule has 1 fully saturated rings. The molecule has 0 saturated heterocycles. The Morgan fingerprint density at radius 2 is 2.09 bits per heavy atom. The van der Waals surface area contributed by atoms with E-state index in [0.29, 0.717) is 19.3 Å². The van der Waals surface area contributed by atoms with Crippen LogP contribution in [0, 0.1) is 17.2 Å². The minimum Gasteiger partial charge on any atom is -0.212 e.